The van der Waals surface area contributed by atoms with Gasteiger partial charge in [0.1, 0.15) is 5.75 Å². The number of benzene rings is 1. The number of ether oxygens (including phenoxy) is 1. The van der Waals surface area contributed by atoms with E-state index in [4.69, 9.17) is 4.74 Å². The fraction of sp³-hybridized carbons (Fsp3) is 0.412. The molecule has 0 N–H and O–H groups in total. The van der Waals surface area contributed by atoms with Gasteiger partial charge < -0.3 is 4.74 Å². The molecule has 0 bridgehead atoms. The molecule has 1 aliphatic heterocycles. The van der Waals surface area contributed by atoms with Gasteiger partial charge in [0.15, 0.2) is 0 Å². The molecule has 2 amide bonds. The van der Waals surface area contributed by atoms with E-state index in [9.17, 15) is 9.59 Å². The first-order chi connectivity index (χ1) is 10.0. The Bertz CT molecular complexity index is 635. The first kappa shape index (κ1) is 13.9. The van der Waals surface area contributed by atoms with E-state index in [1.54, 1.807) is 19.2 Å². The highest BCUT2D eigenvalue weighted by molar-refractivity contribution is 6.23. The first-order valence-corrected chi connectivity index (χ1v) is 7.22. The van der Waals surface area contributed by atoms with Gasteiger partial charge in [-0.2, -0.15) is 0 Å². The number of rotatable bonds is 2. The molecule has 3 rings (SSSR count). The van der Waals surface area contributed by atoms with Crippen LogP contribution in [0.25, 0.3) is 0 Å². The minimum absolute atomic E-state index is 0.0971. The lowest BCUT2D eigenvalue weighted by Gasteiger charge is -2.25. The number of hydrogen-bond donors (Lipinski definition) is 0. The Morgan fingerprint density at radius 2 is 1.90 bits per heavy atom. The molecule has 0 aromatic heterocycles. The Hall–Kier alpha value is -2.10. The Kier molecular flexibility index (Phi) is 3.32. The van der Waals surface area contributed by atoms with Gasteiger partial charge in [-0.1, -0.05) is 30.7 Å². The van der Waals surface area contributed by atoms with Crippen molar-refractivity contribution in [3.63, 3.8) is 0 Å². The minimum Gasteiger partial charge on any atom is -0.495 e. The third-order valence-corrected chi connectivity index (χ3v) is 4.46. The maximum Gasteiger partial charge on any atom is 0.238 e. The van der Waals surface area contributed by atoms with Crippen LogP contribution in [0.5, 0.6) is 5.75 Å². The van der Waals surface area contributed by atoms with Crippen molar-refractivity contribution in [2.24, 2.45) is 17.8 Å². The maximum atomic E-state index is 12.8. The average Bonchev–Trinajstić information content (AvgIpc) is 2.70. The highest BCUT2D eigenvalue weighted by atomic mass is 16.5. The Morgan fingerprint density at radius 3 is 2.62 bits per heavy atom. The van der Waals surface area contributed by atoms with E-state index in [2.05, 4.69) is 6.08 Å². The number of fused-ring (bicyclic) bond motifs is 1. The van der Waals surface area contributed by atoms with Gasteiger partial charge in [-0.15, -0.1) is 0 Å². The van der Waals surface area contributed by atoms with E-state index >= 15 is 0 Å². The highest BCUT2D eigenvalue weighted by Gasteiger charge is 2.51. The summed E-state index contributed by atoms with van der Waals surface area (Å²) in [6.45, 7) is 4.04. The van der Waals surface area contributed by atoms with Crippen molar-refractivity contribution in [3.8, 4) is 5.75 Å². The Morgan fingerprint density at radius 1 is 1.19 bits per heavy atom. The number of carbonyl (C=O) groups is 2. The predicted molar refractivity (Wildman–Crippen MR) is 80.0 cm³/mol. The molecule has 1 aromatic rings. The fourth-order valence-electron chi connectivity index (χ4n) is 3.57. The van der Waals surface area contributed by atoms with Crippen LogP contribution in [0, 0.1) is 17.8 Å². The molecule has 1 fully saturated rings. The highest BCUT2D eigenvalue weighted by Crippen LogP contribution is 2.44. The molecule has 2 aliphatic rings. The summed E-state index contributed by atoms with van der Waals surface area (Å²) in [5.74, 6) is -0.0387. The molecule has 0 spiro atoms. The smallest absolute Gasteiger partial charge is 0.238 e. The molecule has 110 valence electrons. The number of allylic oxidation sites excluding steroid dienone is 2. The summed E-state index contributed by atoms with van der Waals surface area (Å²) in [6, 6.07) is 7.17. The van der Waals surface area contributed by atoms with E-state index in [1.807, 2.05) is 26.0 Å². The largest absolute Gasteiger partial charge is 0.495 e. The molecular weight excluding hydrogens is 266 g/mol. The predicted octanol–water partition coefficient (Wildman–Crippen LogP) is 2.79. The van der Waals surface area contributed by atoms with E-state index in [1.165, 1.54) is 10.5 Å². The van der Waals surface area contributed by atoms with Crippen LogP contribution >= 0.6 is 0 Å². The number of amides is 2. The van der Waals surface area contributed by atoms with E-state index in [0.29, 0.717) is 17.9 Å². The molecule has 0 unspecified atom stereocenters. The fourth-order valence-corrected chi connectivity index (χ4v) is 3.57. The van der Waals surface area contributed by atoms with Crippen molar-refractivity contribution in [2.45, 2.75) is 20.3 Å². The summed E-state index contributed by atoms with van der Waals surface area (Å²) in [7, 11) is 1.55. The van der Waals surface area contributed by atoms with Gasteiger partial charge >= 0.3 is 0 Å². The minimum atomic E-state index is -0.244. The molecule has 3 atom stereocenters. The zero-order valence-corrected chi connectivity index (χ0v) is 12.5. The summed E-state index contributed by atoms with van der Waals surface area (Å²) < 4.78 is 5.30. The van der Waals surface area contributed by atoms with Crippen molar-refractivity contribution in [3.05, 3.63) is 35.9 Å². The van der Waals surface area contributed by atoms with Gasteiger partial charge in [0.05, 0.1) is 24.6 Å². The van der Waals surface area contributed by atoms with Crippen LogP contribution in [0.2, 0.25) is 0 Å². The van der Waals surface area contributed by atoms with Gasteiger partial charge in [0.2, 0.25) is 11.8 Å². The molecule has 1 saturated heterocycles. The number of nitrogens with zero attached hydrogens (tertiary/aromatic N) is 1. The lowest BCUT2D eigenvalue weighted by atomic mass is 9.76. The second kappa shape index (κ2) is 5.02. The number of methoxy groups -OCH3 is 1. The molecule has 1 aliphatic carbocycles. The number of carbonyl (C=O) groups excluding carboxylic acids is 2. The van der Waals surface area contributed by atoms with E-state index < -0.39 is 0 Å². The second-order valence-corrected chi connectivity index (χ2v) is 5.89. The van der Waals surface area contributed by atoms with E-state index in [0.717, 1.165) is 0 Å². The van der Waals surface area contributed by atoms with Crippen LogP contribution in [0.1, 0.15) is 20.3 Å². The summed E-state index contributed by atoms with van der Waals surface area (Å²) in [4.78, 5) is 26.8. The van der Waals surface area contributed by atoms with Crippen molar-refractivity contribution in [2.75, 3.05) is 12.0 Å². The van der Waals surface area contributed by atoms with Crippen LogP contribution in [0.3, 0.4) is 0 Å². The SMILES string of the molecule is COc1ccccc1N1C(=O)[C@@H]2[C@H](C)C=C(C)C[C@H]2C1=O. The summed E-state index contributed by atoms with van der Waals surface area (Å²) in [6.07, 6.45) is 2.78. The average molecular weight is 285 g/mol. The monoisotopic (exact) mass is 285 g/mol. The van der Waals surface area contributed by atoms with Gasteiger partial charge in [0.25, 0.3) is 0 Å². The van der Waals surface area contributed by atoms with Crippen LogP contribution in [-0.4, -0.2) is 18.9 Å². The summed E-state index contributed by atoms with van der Waals surface area (Å²) in [5, 5.41) is 0. The molecule has 21 heavy (non-hydrogen) atoms. The lowest BCUT2D eigenvalue weighted by Crippen LogP contribution is -2.31. The van der Waals surface area contributed by atoms with E-state index in [-0.39, 0.29) is 29.6 Å². The number of anilines is 1. The lowest BCUT2D eigenvalue weighted by molar-refractivity contribution is -0.122. The third kappa shape index (κ3) is 2.06. The van der Waals surface area contributed by atoms with Gasteiger partial charge in [0, 0.05) is 0 Å². The molecule has 4 nitrogen and oxygen atoms in total. The van der Waals surface area contributed by atoms with Crippen molar-refractivity contribution < 1.29 is 14.3 Å². The number of para-hydroxylation sites is 2. The van der Waals surface area contributed by atoms with Crippen LogP contribution in [0.4, 0.5) is 5.69 Å². The van der Waals surface area contributed by atoms with Gasteiger partial charge in [-0.05, 0) is 31.4 Å². The number of hydrogen-bond acceptors (Lipinski definition) is 3. The Labute approximate surface area is 124 Å². The van der Waals surface area contributed by atoms with Crippen molar-refractivity contribution in [1.82, 2.24) is 0 Å². The molecular formula is C17H19NO3. The molecule has 0 saturated carbocycles. The molecule has 1 aromatic carbocycles. The second-order valence-electron chi connectivity index (χ2n) is 5.89. The molecule has 4 heteroatoms. The molecule has 0 radical (unpaired) electrons. The first-order valence-electron chi connectivity index (χ1n) is 7.22. The third-order valence-electron chi connectivity index (χ3n) is 4.46. The van der Waals surface area contributed by atoms with Crippen LogP contribution in [0.15, 0.2) is 35.9 Å². The topological polar surface area (TPSA) is 46.6 Å². The normalized spacial score (nSPS) is 28.4. The Balaban J connectivity index is 2.03. The summed E-state index contributed by atoms with van der Waals surface area (Å²) in [5.41, 5.74) is 1.74. The quantitative estimate of drug-likeness (QED) is 0.620. The number of imide groups is 1. The zero-order valence-electron chi connectivity index (χ0n) is 12.5. The standard InChI is InChI=1S/C17H19NO3/c1-10-8-11(2)15-12(9-10)16(19)18(17(15)20)13-6-4-5-7-14(13)21-3/h4-8,11-12,15H,9H2,1-3H3/t11-,12-,15-/m1/s1. The summed E-state index contributed by atoms with van der Waals surface area (Å²) >= 11 is 0. The maximum absolute atomic E-state index is 12.8. The van der Waals surface area contributed by atoms with Crippen LogP contribution < -0.4 is 9.64 Å². The molecule has 1 heterocycles. The van der Waals surface area contributed by atoms with Crippen molar-refractivity contribution in [1.29, 1.82) is 0 Å². The van der Waals surface area contributed by atoms with Crippen molar-refractivity contribution >= 4 is 17.5 Å². The zero-order chi connectivity index (χ0) is 15.1. The van der Waals surface area contributed by atoms with Gasteiger partial charge in [-0.3, -0.25) is 9.59 Å². The van der Waals surface area contributed by atoms with Crippen LogP contribution in [-0.2, 0) is 9.59 Å². The van der Waals surface area contributed by atoms with Gasteiger partial charge in [-0.25, -0.2) is 4.90 Å².